The van der Waals surface area contributed by atoms with Gasteiger partial charge in [-0.3, -0.25) is 10.1 Å². The van der Waals surface area contributed by atoms with E-state index < -0.39 is 23.0 Å². The van der Waals surface area contributed by atoms with Crippen LogP contribution in [-0.4, -0.2) is 29.6 Å². The van der Waals surface area contributed by atoms with Gasteiger partial charge in [0.15, 0.2) is 0 Å². The van der Waals surface area contributed by atoms with Crippen molar-refractivity contribution in [3.05, 3.63) is 39.4 Å². The van der Waals surface area contributed by atoms with Gasteiger partial charge in [0.2, 0.25) is 6.10 Å². The summed E-state index contributed by atoms with van der Waals surface area (Å²) in [6, 6.07) is 4.02. The Hall–Kier alpha value is -2.44. The molecular weight excluding hydrogens is 254 g/mol. The lowest BCUT2D eigenvalue weighted by atomic mass is 10.1. The minimum atomic E-state index is -0.923. The topological polar surface area (TPSA) is 95.7 Å². The Morgan fingerprint density at radius 3 is 2.84 bits per heavy atom. The summed E-state index contributed by atoms with van der Waals surface area (Å²) in [6.45, 7) is 1.78. The Balaban J connectivity index is 2.17. The van der Waals surface area contributed by atoms with E-state index in [9.17, 15) is 19.7 Å². The number of hydrogen-bond donors (Lipinski definition) is 0. The number of nitrogens with zero attached hydrogens (tertiary/aromatic N) is 1. The van der Waals surface area contributed by atoms with Gasteiger partial charge in [0.05, 0.1) is 17.1 Å². The van der Waals surface area contributed by atoms with Crippen molar-refractivity contribution in [1.29, 1.82) is 0 Å². The zero-order chi connectivity index (χ0) is 14.0. The van der Waals surface area contributed by atoms with Gasteiger partial charge in [0.25, 0.3) is 5.69 Å². The quantitative estimate of drug-likeness (QED) is 0.465. The fourth-order valence-electron chi connectivity index (χ4n) is 1.71. The summed E-state index contributed by atoms with van der Waals surface area (Å²) in [5.74, 6) is -1.36. The predicted octanol–water partition coefficient (Wildman–Crippen LogP) is 1.38. The number of carbonyl (C=O) groups excluding carboxylic acids is 2. The lowest BCUT2D eigenvalue weighted by Gasteiger charge is -2.08. The summed E-state index contributed by atoms with van der Waals surface area (Å²) in [5.41, 5.74) is 0.322. The van der Waals surface area contributed by atoms with Crippen molar-refractivity contribution in [2.24, 2.45) is 0 Å². The van der Waals surface area contributed by atoms with E-state index >= 15 is 0 Å². The number of cyclic esters (lactones) is 1. The maximum atomic E-state index is 11.8. The van der Waals surface area contributed by atoms with Crippen molar-refractivity contribution >= 4 is 17.6 Å². The molecule has 0 spiro atoms. The average molecular weight is 265 g/mol. The van der Waals surface area contributed by atoms with Crippen molar-refractivity contribution in [1.82, 2.24) is 0 Å². The van der Waals surface area contributed by atoms with Gasteiger partial charge in [0, 0.05) is 18.1 Å². The predicted molar refractivity (Wildman–Crippen MR) is 62.6 cm³/mol. The number of hydrogen-bond acceptors (Lipinski definition) is 6. The molecule has 0 amide bonds. The molecule has 0 unspecified atom stereocenters. The molecule has 0 radical (unpaired) electrons. The van der Waals surface area contributed by atoms with E-state index in [0.717, 1.165) is 6.07 Å². The molecule has 1 atom stereocenters. The van der Waals surface area contributed by atoms with Gasteiger partial charge in [0.1, 0.15) is 0 Å². The van der Waals surface area contributed by atoms with Gasteiger partial charge in [-0.2, -0.15) is 0 Å². The van der Waals surface area contributed by atoms with Crippen LogP contribution in [0.15, 0.2) is 18.2 Å². The van der Waals surface area contributed by atoms with Gasteiger partial charge in [-0.25, -0.2) is 9.59 Å². The third-order valence-corrected chi connectivity index (χ3v) is 2.78. The number of nitro benzene ring substituents is 1. The summed E-state index contributed by atoms with van der Waals surface area (Å²) < 4.78 is 9.61. The van der Waals surface area contributed by atoms with E-state index in [1.807, 2.05) is 0 Å². The normalized spacial score (nSPS) is 17.9. The second-order valence-corrected chi connectivity index (χ2v) is 4.11. The van der Waals surface area contributed by atoms with Gasteiger partial charge in [-0.05, 0) is 13.0 Å². The lowest BCUT2D eigenvalue weighted by Crippen LogP contribution is -2.22. The number of aryl methyl sites for hydroxylation is 1. The fourth-order valence-corrected chi connectivity index (χ4v) is 1.71. The molecule has 0 N–H and O–H groups in total. The van der Waals surface area contributed by atoms with E-state index in [-0.39, 0.29) is 17.9 Å². The number of benzene rings is 1. The third kappa shape index (κ3) is 2.70. The van der Waals surface area contributed by atoms with Crippen molar-refractivity contribution in [3.8, 4) is 0 Å². The minimum Gasteiger partial charge on any atom is -0.463 e. The maximum Gasteiger partial charge on any atom is 0.347 e. The van der Waals surface area contributed by atoms with E-state index in [1.165, 1.54) is 12.1 Å². The van der Waals surface area contributed by atoms with Crippen LogP contribution in [0, 0.1) is 17.0 Å². The van der Waals surface area contributed by atoms with Crippen LogP contribution >= 0.6 is 0 Å². The van der Waals surface area contributed by atoms with E-state index in [0.29, 0.717) is 12.0 Å². The molecule has 1 aliphatic heterocycles. The molecule has 1 heterocycles. The molecule has 1 aliphatic rings. The summed E-state index contributed by atoms with van der Waals surface area (Å²) in [7, 11) is 0. The molecule has 1 aromatic carbocycles. The molecule has 1 aromatic rings. The SMILES string of the molecule is Cc1ccc(C(=O)O[C@H]2CCOC2=O)cc1[N+](=O)[O-]. The molecule has 7 nitrogen and oxygen atoms in total. The molecule has 19 heavy (non-hydrogen) atoms. The van der Waals surface area contributed by atoms with Gasteiger partial charge < -0.3 is 9.47 Å². The number of nitro groups is 1. The number of ether oxygens (including phenoxy) is 2. The smallest absolute Gasteiger partial charge is 0.347 e. The Labute approximate surface area is 108 Å². The number of esters is 2. The van der Waals surface area contributed by atoms with Gasteiger partial charge in [-0.15, -0.1) is 0 Å². The van der Waals surface area contributed by atoms with Gasteiger partial charge >= 0.3 is 11.9 Å². The maximum absolute atomic E-state index is 11.8. The van der Waals surface area contributed by atoms with E-state index in [4.69, 9.17) is 4.74 Å². The van der Waals surface area contributed by atoms with Crippen molar-refractivity contribution < 1.29 is 24.0 Å². The average Bonchev–Trinajstić information content (AvgIpc) is 2.75. The van der Waals surface area contributed by atoms with Crippen LogP contribution < -0.4 is 0 Å². The highest BCUT2D eigenvalue weighted by Gasteiger charge is 2.30. The van der Waals surface area contributed by atoms with Crippen LogP contribution in [-0.2, 0) is 14.3 Å². The molecule has 0 saturated carbocycles. The van der Waals surface area contributed by atoms with Gasteiger partial charge in [-0.1, -0.05) is 6.07 Å². The van der Waals surface area contributed by atoms with Crippen LogP contribution in [0.5, 0.6) is 0 Å². The second kappa shape index (κ2) is 5.05. The van der Waals surface area contributed by atoms with E-state index in [2.05, 4.69) is 4.74 Å². The largest absolute Gasteiger partial charge is 0.463 e. The second-order valence-electron chi connectivity index (χ2n) is 4.11. The number of rotatable bonds is 3. The Bertz CT molecular complexity index is 553. The first-order chi connectivity index (χ1) is 8.99. The van der Waals surface area contributed by atoms with Crippen LogP contribution in [0.3, 0.4) is 0 Å². The molecule has 100 valence electrons. The van der Waals surface area contributed by atoms with Crippen molar-refractivity contribution in [2.75, 3.05) is 6.61 Å². The molecule has 1 fully saturated rings. The first-order valence-corrected chi connectivity index (χ1v) is 5.61. The molecule has 0 aromatic heterocycles. The zero-order valence-electron chi connectivity index (χ0n) is 10.1. The molecule has 0 bridgehead atoms. The first kappa shape index (κ1) is 13.0. The monoisotopic (exact) mass is 265 g/mol. The van der Waals surface area contributed by atoms with Crippen molar-refractivity contribution in [3.63, 3.8) is 0 Å². The highest BCUT2D eigenvalue weighted by molar-refractivity contribution is 5.92. The summed E-state index contributed by atoms with van der Waals surface area (Å²) in [5, 5.41) is 10.8. The molecule has 7 heteroatoms. The Morgan fingerprint density at radius 1 is 1.53 bits per heavy atom. The summed E-state index contributed by atoms with van der Waals surface area (Å²) >= 11 is 0. The molecule has 1 saturated heterocycles. The summed E-state index contributed by atoms with van der Waals surface area (Å²) in [4.78, 5) is 33.1. The van der Waals surface area contributed by atoms with Crippen LogP contribution in [0.4, 0.5) is 5.69 Å². The fraction of sp³-hybridized carbons (Fsp3) is 0.333. The summed E-state index contributed by atoms with van der Waals surface area (Å²) in [6.07, 6.45) is -0.619. The third-order valence-electron chi connectivity index (χ3n) is 2.78. The zero-order valence-corrected chi connectivity index (χ0v) is 10.1. The highest BCUT2D eigenvalue weighted by atomic mass is 16.6. The highest BCUT2D eigenvalue weighted by Crippen LogP contribution is 2.21. The first-order valence-electron chi connectivity index (χ1n) is 5.61. The lowest BCUT2D eigenvalue weighted by molar-refractivity contribution is -0.385. The van der Waals surface area contributed by atoms with Crippen LogP contribution in [0.2, 0.25) is 0 Å². The Morgan fingerprint density at radius 2 is 2.26 bits per heavy atom. The van der Waals surface area contributed by atoms with Crippen LogP contribution in [0.1, 0.15) is 22.3 Å². The van der Waals surface area contributed by atoms with Crippen molar-refractivity contribution in [2.45, 2.75) is 19.4 Å². The minimum absolute atomic E-state index is 0.0389. The molecule has 0 aliphatic carbocycles. The molecule has 2 rings (SSSR count). The standard InChI is InChI=1S/C12H11NO6/c1-7-2-3-8(6-9(7)13(16)17)11(14)19-10-4-5-18-12(10)15/h2-3,6,10H,4-5H2,1H3/t10-/m0/s1. The number of carbonyl (C=O) groups is 2. The van der Waals surface area contributed by atoms with E-state index in [1.54, 1.807) is 6.92 Å². The molecular formula is C12H11NO6. The Kier molecular flexibility index (Phi) is 3.46. The van der Waals surface area contributed by atoms with Crippen LogP contribution in [0.25, 0.3) is 0 Å².